The number of pyridine rings is 1. The lowest BCUT2D eigenvalue weighted by molar-refractivity contribution is 0.444. The van der Waals surface area contributed by atoms with Crippen LogP contribution < -0.4 is 5.73 Å². The zero-order valence-electron chi connectivity index (χ0n) is 10.8. The quantitative estimate of drug-likeness (QED) is 0.784. The standard InChI is InChI=1S/C14H20N4/c1-10-4-2-5-11(8-7-10)18-13-12(17-14(18)15)6-3-9-16-13/h3,6,9-11H,2,4-5,7-8H2,1H3,(H2,15,17). The molecular formula is C14H20N4. The van der Waals surface area contributed by atoms with E-state index in [2.05, 4.69) is 21.5 Å². The van der Waals surface area contributed by atoms with Crippen molar-refractivity contribution in [1.82, 2.24) is 14.5 Å². The Kier molecular flexibility index (Phi) is 2.94. The van der Waals surface area contributed by atoms with Crippen LogP contribution >= 0.6 is 0 Å². The molecule has 2 aromatic rings. The lowest BCUT2D eigenvalue weighted by atomic mass is 10.0. The van der Waals surface area contributed by atoms with Crippen molar-refractivity contribution in [3.05, 3.63) is 18.3 Å². The molecule has 18 heavy (non-hydrogen) atoms. The van der Waals surface area contributed by atoms with Crippen LogP contribution in [0.5, 0.6) is 0 Å². The third-order valence-electron chi connectivity index (χ3n) is 4.07. The summed E-state index contributed by atoms with van der Waals surface area (Å²) in [4.78, 5) is 8.86. The van der Waals surface area contributed by atoms with Crippen LogP contribution in [-0.4, -0.2) is 14.5 Å². The number of nitrogens with zero attached hydrogens (tertiary/aromatic N) is 3. The molecule has 2 aromatic heterocycles. The van der Waals surface area contributed by atoms with Crippen LogP contribution in [0.15, 0.2) is 18.3 Å². The van der Waals surface area contributed by atoms with E-state index in [-0.39, 0.29) is 0 Å². The summed E-state index contributed by atoms with van der Waals surface area (Å²) in [7, 11) is 0. The number of imidazole rings is 1. The first kappa shape index (κ1) is 11.5. The van der Waals surface area contributed by atoms with Gasteiger partial charge in [-0.1, -0.05) is 19.8 Å². The van der Waals surface area contributed by atoms with Crippen molar-refractivity contribution in [2.75, 3.05) is 5.73 Å². The highest BCUT2D eigenvalue weighted by Crippen LogP contribution is 2.33. The number of aromatic nitrogens is 3. The summed E-state index contributed by atoms with van der Waals surface area (Å²) in [6, 6.07) is 4.36. The van der Waals surface area contributed by atoms with E-state index in [4.69, 9.17) is 5.73 Å². The van der Waals surface area contributed by atoms with E-state index in [0.29, 0.717) is 12.0 Å². The predicted octanol–water partition coefficient (Wildman–Crippen LogP) is 3.15. The molecule has 2 heterocycles. The fourth-order valence-electron chi connectivity index (χ4n) is 3.03. The summed E-state index contributed by atoms with van der Waals surface area (Å²) in [5.74, 6) is 1.45. The van der Waals surface area contributed by atoms with Crippen LogP contribution in [0.4, 0.5) is 5.95 Å². The number of anilines is 1. The minimum Gasteiger partial charge on any atom is -0.369 e. The highest BCUT2D eigenvalue weighted by atomic mass is 15.2. The Bertz CT molecular complexity index is 546. The molecule has 0 aromatic carbocycles. The number of rotatable bonds is 1. The summed E-state index contributed by atoms with van der Waals surface area (Å²) in [5.41, 5.74) is 7.93. The number of hydrogen-bond donors (Lipinski definition) is 1. The normalized spacial score (nSPS) is 25.2. The lowest BCUT2D eigenvalue weighted by Crippen LogP contribution is -2.12. The molecule has 96 valence electrons. The molecule has 3 rings (SSSR count). The van der Waals surface area contributed by atoms with Gasteiger partial charge in [0.1, 0.15) is 5.52 Å². The van der Waals surface area contributed by atoms with Gasteiger partial charge in [-0.25, -0.2) is 9.97 Å². The van der Waals surface area contributed by atoms with Gasteiger partial charge in [-0.3, -0.25) is 4.57 Å². The predicted molar refractivity (Wildman–Crippen MR) is 73.2 cm³/mol. The molecule has 1 aliphatic rings. The molecule has 4 nitrogen and oxygen atoms in total. The van der Waals surface area contributed by atoms with Crippen molar-refractivity contribution in [1.29, 1.82) is 0 Å². The number of nitrogen functional groups attached to an aromatic ring is 1. The maximum Gasteiger partial charge on any atom is 0.202 e. The van der Waals surface area contributed by atoms with Gasteiger partial charge in [0.05, 0.1) is 0 Å². The van der Waals surface area contributed by atoms with Crippen LogP contribution in [0, 0.1) is 5.92 Å². The van der Waals surface area contributed by atoms with Crippen molar-refractivity contribution in [3.8, 4) is 0 Å². The van der Waals surface area contributed by atoms with E-state index < -0.39 is 0 Å². The Labute approximate surface area is 107 Å². The summed E-state index contributed by atoms with van der Waals surface area (Å²) < 4.78 is 2.15. The number of nitrogens with two attached hydrogens (primary N) is 1. The van der Waals surface area contributed by atoms with Crippen LogP contribution in [0.25, 0.3) is 11.2 Å². The highest BCUT2D eigenvalue weighted by molar-refractivity contribution is 5.73. The fourth-order valence-corrected chi connectivity index (χ4v) is 3.03. The minimum atomic E-state index is 0.467. The fraction of sp³-hybridized carbons (Fsp3) is 0.571. The van der Waals surface area contributed by atoms with E-state index in [1.807, 2.05) is 18.3 Å². The Morgan fingerprint density at radius 1 is 1.28 bits per heavy atom. The average molecular weight is 244 g/mol. The van der Waals surface area contributed by atoms with E-state index >= 15 is 0 Å². The third-order valence-corrected chi connectivity index (χ3v) is 4.07. The Hall–Kier alpha value is -1.58. The van der Waals surface area contributed by atoms with E-state index in [1.54, 1.807) is 0 Å². The van der Waals surface area contributed by atoms with Gasteiger partial charge < -0.3 is 5.73 Å². The van der Waals surface area contributed by atoms with Gasteiger partial charge in [-0.15, -0.1) is 0 Å². The smallest absolute Gasteiger partial charge is 0.202 e. The van der Waals surface area contributed by atoms with Gasteiger partial charge in [-0.2, -0.15) is 0 Å². The number of hydrogen-bond acceptors (Lipinski definition) is 3. The Morgan fingerprint density at radius 3 is 3.06 bits per heavy atom. The SMILES string of the molecule is CC1CCCC(n2c(N)nc3cccnc32)CC1. The highest BCUT2D eigenvalue weighted by Gasteiger charge is 2.21. The van der Waals surface area contributed by atoms with Gasteiger partial charge in [0.15, 0.2) is 5.65 Å². The molecule has 1 aliphatic carbocycles. The van der Waals surface area contributed by atoms with E-state index in [9.17, 15) is 0 Å². The van der Waals surface area contributed by atoms with Crippen LogP contribution in [0.3, 0.4) is 0 Å². The zero-order chi connectivity index (χ0) is 12.5. The third kappa shape index (κ3) is 1.96. The monoisotopic (exact) mass is 244 g/mol. The van der Waals surface area contributed by atoms with Gasteiger partial charge in [0, 0.05) is 12.2 Å². The van der Waals surface area contributed by atoms with E-state index in [1.165, 1.54) is 32.1 Å². The lowest BCUT2D eigenvalue weighted by Gasteiger charge is -2.17. The molecule has 0 spiro atoms. The molecule has 2 N–H and O–H groups in total. The molecule has 0 aliphatic heterocycles. The van der Waals surface area contributed by atoms with Crippen molar-refractivity contribution >= 4 is 17.1 Å². The van der Waals surface area contributed by atoms with Gasteiger partial charge in [0.25, 0.3) is 0 Å². The first-order chi connectivity index (χ1) is 8.75. The van der Waals surface area contributed by atoms with Crippen molar-refractivity contribution < 1.29 is 0 Å². The largest absolute Gasteiger partial charge is 0.369 e. The van der Waals surface area contributed by atoms with Crippen molar-refractivity contribution in [2.45, 2.75) is 45.1 Å². The maximum atomic E-state index is 6.08. The second-order valence-electron chi connectivity index (χ2n) is 5.45. The van der Waals surface area contributed by atoms with Gasteiger partial charge in [0.2, 0.25) is 5.95 Å². The second-order valence-corrected chi connectivity index (χ2v) is 5.45. The van der Waals surface area contributed by atoms with Crippen LogP contribution in [0.2, 0.25) is 0 Å². The first-order valence-electron chi connectivity index (χ1n) is 6.84. The molecule has 0 amide bonds. The van der Waals surface area contributed by atoms with E-state index in [0.717, 1.165) is 17.1 Å². The second kappa shape index (κ2) is 4.59. The molecule has 0 saturated heterocycles. The molecule has 4 heteroatoms. The Balaban J connectivity index is 2.00. The summed E-state index contributed by atoms with van der Waals surface area (Å²) in [5, 5.41) is 0. The van der Waals surface area contributed by atoms with Crippen molar-refractivity contribution in [2.24, 2.45) is 5.92 Å². The first-order valence-corrected chi connectivity index (χ1v) is 6.84. The van der Waals surface area contributed by atoms with Crippen LogP contribution in [-0.2, 0) is 0 Å². The molecule has 1 fully saturated rings. The Morgan fingerprint density at radius 2 is 2.17 bits per heavy atom. The molecule has 0 radical (unpaired) electrons. The molecule has 1 saturated carbocycles. The van der Waals surface area contributed by atoms with Crippen molar-refractivity contribution in [3.63, 3.8) is 0 Å². The number of fused-ring (bicyclic) bond motifs is 1. The topological polar surface area (TPSA) is 56.7 Å². The zero-order valence-corrected chi connectivity index (χ0v) is 10.8. The average Bonchev–Trinajstić information content (AvgIpc) is 2.54. The summed E-state index contributed by atoms with van der Waals surface area (Å²) in [6.45, 7) is 2.34. The minimum absolute atomic E-state index is 0.467. The van der Waals surface area contributed by atoms with Gasteiger partial charge in [-0.05, 0) is 37.3 Å². The molecule has 0 bridgehead atoms. The molecular weight excluding hydrogens is 224 g/mol. The molecule has 2 unspecified atom stereocenters. The molecule has 2 atom stereocenters. The summed E-state index contributed by atoms with van der Waals surface area (Å²) >= 11 is 0. The summed E-state index contributed by atoms with van der Waals surface area (Å²) in [6.07, 6.45) is 8.08. The van der Waals surface area contributed by atoms with Crippen LogP contribution in [0.1, 0.15) is 45.1 Å². The maximum absolute atomic E-state index is 6.08. The van der Waals surface area contributed by atoms with Gasteiger partial charge >= 0.3 is 0 Å².